The van der Waals surface area contributed by atoms with Crippen molar-refractivity contribution >= 4 is 41.0 Å². The number of rotatable bonds is 8. The Kier molecular flexibility index (Phi) is 7.06. The minimum atomic E-state index is -4.68. The van der Waals surface area contributed by atoms with E-state index in [9.17, 15) is 9.36 Å². The van der Waals surface area contributed by atoms with E-state index in [1.807, 2.05) is 18.2 Å². The van der Waals surface area contributed by atoms with Crippen LogP contribution in [0.1, 0.15) is 13.8 Å². The zero-order valence-electron chi connectivity index (χ0n) is 19.0. The number of hydrogen-bond donors (Lipinski definition) is 2. The van der Waals surface area contributed by atoms with Crippen LogP contribution in [0.3, 0.4) is 0 Å². The first-order valence-electron chi connectivity index (χ1n) is 10.3. The van der Waals surface area contributed by atoms with E-state index in [0.29, 0.717) is 32.4 Å². The van der Waals surface area contributed by atoms with E-state index in [4.69, 9.17) is 35.4 Å². The molecule has 184 valence electrons. The molecule has 12 heteroatoms. The van der Waals surface area contributed by atoms with Gasteiger partial charge in [-0.2, -0.15) is 0 Å². The smallest absolute Gasteiger partial charge is 0.470 e. The Bertz CT molecular complexity index is 1480. The lowest BCUT2D eigenvalue weighted by Gasteiger charge is -2.25. The Morgan fingerprint density at radius 1 is 1.11 bits per heavy atom. The fourth-order valence-electron chi connectivity index (χ4n) is 3.38. The molecule has 0 bridgehead atoms. The van der Waals surface area contributed by atoms with Crippen LogP contribution in [-0.4, -0.2) is 38.7 Å². The number of methoxy groups -OCH3 is 1. The van der Waals surface area contributed by atoms with Crippen LogP contribution in [0.4, 0.5) is 0 Å². The molecule has 0 spiro atoms. The van der Waals surface area contributed by atoms with Gasteiger partial charge in [-0.25, -0.2) is 9.55 Å². The first kappa shape index (κ1) is 25.4. The third kappa shape index (κ3) is 5.92. The molecule has 2 aromatic heterocycles. The van der Waals surface area contributed by atoms with E-state index in [1.165, 1.54) is 43.2 Å². The predicted octanol–water partition coefficient (Wildman–Crippen LogP) is 5.04. The number of nitrogens with zero attached hydrogens (tertiary/aromatic N) is 2. The van der Waals surface area contributed by atoms with Gasteiger partial charge in [-0.1, -0.05) is 23.7 Å². The second-order valence-electron chi connectivity index (χ2n) is 8.22. The lowest BCUT2D eigenvalue weighted by molar-refractivity contribution is 0.0233. The fourth-order valence-corrected chi connectivity index (χ4v) is 5.25. The molecule has 0 aliphatic heterocycles. The number of phosphoric ester groups is 1. The Morgan fingerprint density at radius 2 is 1.83 bits per heavy atom. The Hall–Kier alpha value is -2.72. The lowest BCUT2D eigenvalue weighted by Crippen LogP contribution is -2.31. The summed E-state index contributed by atoms with van der Waals surface area (Å²) in [4.78, 5) is 36.7. The normalized spacial score (nSPS) is 12.2. The SMILES string of the molecule is COc1cc(-n2cnc3cc(-c4ccc(Cl)cc4)sc3c2=O)ccc1OCC(C)(C)OP(=O)(O)O. The third-order valence-corrected chi connectivity index (χ3v) is 7.08. The van der Waals surface area contributed by atoms with Crippen LogP contribution in [0.15, 0.2) is 59.7 Å². The number of hydrogen-bond acceptors (Lipinski definition) is 7. The largest absolute Gasteiger partial charge is 0.493 e. The average Bonchev–Trinajstić information content (AvgIpc) is 3.22. The number of benzene rings is 2. The van der Waals surface area contributed by atoms with E-state index < -0.39 is 13.4 Å². The molecule has 0 amide bonds. The van der Waals surface area contributed by atoms with Crippen molar-refractivity contribution in [1.82, 2.24) is 9.55 Å². The van der Waals surface area contributed by atoms with Crippen molar-refractivity contribution in [1.29, 1.82) is 0 Å². The highest BCUT2D eigenvalue weighted by molar-refractivity contribution is 7.46. The zero-order chi connectivity index (χ0) is 25.4. The summed E-state index contributed by atoms with van der Waals surface area (Å²) in [5.41, 5.74) is 0.570. The van der Waals surface area contributed by atoms with Crippen LogP contribution in [0.25, 0.3) is 26.3 Å². The Labute approximate surface area is 209 Å². The average molecular weight is 537 g/mol. The lowest BCUT2D eigenvalue weighted by atomic mass is 10.2. The number of fused-ring (bicyclic) bond motifs is 1. The number of aromatic nitrogens is 2. The summed E-state index contributed by atoms with van der Waals surface area (Å²) in [6, 6.07) is 14.1. The predicted molar refractivity (Wildman–Crippen MR) is 135 cm³/mol. The quantitative estimate of drug-likeness (QED) is 0.300. The van der Waals surface area contributed by atoms with Crippen molar-refractivity contribution in [3.8, 4) is 27.6 Å². The van der Waals surface area contributed by atoms with Crippen molar-refractivity contribution in [3.63, 3.8) is 0 Å². The van der Waals surface area contributed by atoms with E-state index in [2.05, 4.69) is 4.98 Å². The molecule has 0 radical (unpaired) electrons. The molecule has 0 fully saturated rings. The molecule has 2 heterocycles. The minimum absolute atomic E-state index is 0.149. The van der Waals surface area contributed by atoms with E-state index >= 15 is 0 Å². The fraction of sp³-hybridized carbons (Fsp3) is 0.217. The molecule has 35 heavy (non-hydrogen) atoms. The van der Waals surface area contributed by atoms with Crippen molar-refractivity contribution in [2.45, 2.75) is 19.4 Å². The molecule has 9 nitrogen and oxygen atoms in total. The van der Waals surface area contributed by atoms with Gasteiger partial charge in [0, 0.05) is 16.0 Å². The highest BCUT2D eigenvalue weighted by atomic mass is 35.5. The minimum Gasteiger partial charge on any atom is -0.493 e. The first-order valence-corrected chi connectivity index (χ1v) is 13.0. The Morgan fingerprint density at radius 3 is 2.49 bits per heavy atom. The maximum Gasteiger partial charge on any atom is 0.470 e. The molecule has 0 aliphatic rings. The van der Waals surface area contributed by atoms with Crippen LogP contribution >= 0.6 is 30.8 Å². The van der Waals surface area contributed by atoms with E-state index in [0.717, 1.165) is 10.4 Å². The summed E-state index contributed by atoms with van der Waals surface area (Å²) in [6.45, 7) is 2.84. The molecular weight excluding hydrogens is 515 g/mol. The molecule has 2 aromatic carbocycles. The summed E-state index contributed by atoms with van der Waals surface area (Å²) < 4.78 is 28.9. The second-order valence-corrected chi connectivity index (χ2v) is 10.9. The van der Waals surface area contributed by atoms with E-state index in [-0.39, 0.29) is 12.2 Å². The topological polar surface area (TPSA) is 120 Å². The third-order valence-electron chi connectivity index (χ3n) is 4.93. The standard InChI is InChI=1S/C23H22ClN2O7PS/c1-23(2,33-34(28,29)30)12-32-18-9-8-16(10-19(18)31-3)26-13-25-17-11-20(35-21(17)22(26)27)14-4-6-15(24)7-5-14/h4-11,13H,12H2,1-3H3,(H2,28,29,30). The summed E-state index contributed by atoms with van der Waals surface area (Å²) >= 11 is 7.32. The van der Waals surface area contributed by atoms with Gasteiger partial charge >= 0.3 is 7.82 Å². The van der Waals surface area contributed by atoms with Crippen LogP contribution < -0.4 is 15.0 Å². The maximum absolute atomic E-state index is 13.3. The Balaban J connectivity index is 1.63. The highest BCUT2D eigenvalue weighted by Crippen LogP contribution is 2.41. The van der Waals surface area contributed by atoms with E-state index in [1.54, 1.807) is 30.3 Å². The van der Waals surface area contributed by atoms with Crippen LogP contribution in [0, 0.1) is 0 Å². The number of halogens is 1. The summed E-state index contributed by atoms with van der Waals surface area (Å²) in [6.07, 6.45) is 1.45. The van der Waals surface area contributed by atoms with Gasteiger partial charge in [0.15, 0.2) is 11.5 Å². The second kappa shape index (κ2) is 9.73. The molecule has 0 saturated heterocycles. The number of ether oxygens (including phenoxy) is 2. The van der Waals surface area contributed by atoms with Gasteiger partial charge in [-0.3, -0.25) is 13.9 Å². The monoisotopic (exact) mass is 536 g/mol. The molecule has 0 saturated carbocycles. The summed E-state index contributed by atoms with van der Waals surface area (Å²) in [7, 11) is -3.23. The molecule has 4 aromatic rings. The van der Waals surface area contributed by atoms with Crippen molar-refractivity contribution in [2.75, 3.05) is 13.7 Å². The van der Waals surface area contributed by atoms with Gasteiger partial charge < -0.3 is 19.3 Å². The van der Waals surface area contributed by atoms with Gasteiger partial charge in [0.1, 0.15) is 23.2 Å². The van der Waals surface area contributed by atoms with Crippen molar-refractivity contribution in [3.05, 3.63) is 70.2 Å². The molecule has 2 N–H and O–H groups in total. The number of thiophene rings is 1. The summed E-state index contributed by atoms with van der Waals surface area (Å²) in [5.74, 6) is 0.649. The van der Waals surface area contributed by atoms with Gasteiger partial charge in [0.2, 0.25) is 0 Å². The van der Waals surface area contributed by atoms with Gasteiger partial charge in [-0.05, 0) is 49.7 Å². The van der Waals surface area contributed by atoms with Gasteiger partial charge in [0.05, 0.1) is 18.3 Å². The number of phosphoric acid groups is 1. The first-order chi connectivity index (χ1) is 16.5. The molecule has 0 atom stereocenters. The van der Waals surface area contributed by atoms with Gasteiger partial charge in [-0.15, -0.1) is 11.3 Å². The zero-order valence-corrected chi connectivity index (χ0v) is 21.4. The molecule has 0 aliphatic carbocycles. The van der Waals surface area contributed by atoms with Crippen LogP contribution in [-0.2, 0) is 9.09 Å². The molecule has 0 unspecified atom stereocenters. The maximum atomic E-state index is 13.3. The van der Waals surface area contributed by atoms with Crippen molar-refractivity contribution in [2.24, 2.45) is 0 Å². The van der Waals surface area contributed by atoms with Crippen LogP contribution in [0.2, 0.25) is 5.02 Å². The van der Waals surface area contributed by atoms with Crippen molar-refractivity contribution < 1.29 is 28.3 Å². The molecule has 4 rings (SSSR count). The van der Waals surface area contributed by atoms with Crippen LogP contribution in [0.5, 0.6) is 11.5 Å². The molecular formula is C23H22ClN2O7PS. The highest BCUT2D eigenvalue weighted by Gasteiger charge is 2.30. The van der Waals surface area contributed by atoms with Gasteiger partial charge in [0.25, 0.3) is 5.56 Å². The summed E-state index contributed by atoms with van der Waals surface area (Å²) in [5, 5.41) is 0.634.